The van der Waals surface area contributed by atoms with E-state index in [-0.39, 0.29) is 30.9 Å². The minimum absolute atomic E-state index is 0.0384. The number of carbonyl (C=O) groups is 2. The zero-order valence-corrected chi connectivity index (χ0v) is 13.6. The van der Waals surface area contributed by atoms with Gasteiger partial charge in [-0.15, -0.1) is 0 Å². The Morgan fingerprint density at radius 2 is 2.00 bits per heavy atom. The van der Waals surface area contributed by atoms with Crippen molar-refractivity contribution in [3.63, 3.8) is 0 Å². The average Bonchev–Trinajstić information content (AvgIpc) is 2.60. The van der Waals surface area contributed by atoms with Gasteiger partial charge in [-0.3, -0.25) is 14.5 Å². The fraction of sp³-hybridized carbons (Fsp3) is 0.222. The van der Waals surface area contributed by atoms with E-state index in [1.165, 1.54) is 11.0 Å². The van der Waals surface area contributed by atoms with E-state index in [2.05, 4.69) is 5.32 Å². The highest BCUT2D eigenvalue weighted by Gasteiger charge is 2.27. The summed E-state index contributed by atoms with van der Waals surface area (Å²) in [6.45, 7) is 1.85. The molecule has 2 aromatic carbocycles. The summed E-state index contributed by atoms with van der Waals surface area (Å²) in [7, 11) is 0. The lowest BCUT2D eigenvalue weighted by Crippen LogP contribution is -2.87. The van der Waals surface area contributed by atoms with Crippen molar-refractivity contribution in [3.8, 4) is 0 Å². The highest BCUT2D eigenvalue weighted by atomic mass is 19.2. The van der Waals surface area contributed by atoms with Gasteiger partial charge in [0.15, 0.2) is 18.2 Å². The van der Waals surface area contributed by atoms with Gasteiger partial charge < -0.3 is 10.6 Å². The van der Waals surface area contributed by atoms with Crippen molar-refractivity contribution in [2.75, 3.05) is 23.3 Å². The molecule has 0 aliphatic carbocycles. The van der Waals surface area contributed by atoms with Crippen LogP contribution in [-0.2, 0) is 9.59 Å². The molecule has 5 nitrogen and oxygen atoms in total. The Hall–Kier alpha value is -2.80. The number of hydrogen-bond donors (Lipinski definition) is 2. The Morgan fingerprint density at radius 3 is 2.76 bits per heavy atom. The maximum atomic E-state index is 13.3. The molecule has 0 spiro atoms. The van der Waals surface area contributed by atoms with Gasteiger partial charge in [0.1, 0.15) is 12.6 Å². The Labute approximate surface area is 143 Å². The van der Waals surface area contributed by atoms with E-state index >= 15 is 0 Å². The molecule has 0 aromatic heterocycles. The summed E-state index contributed by atoms with van der Waals surface area (Å²) in [6.07, 6.45) is 0. The molecule has 0 bridgehead atoms. The van der Waals surface area contributed by atoms with Gasteiger partial charge in [-0.05, 0) is 37.3 Å². The molecule has 0 radical (unpaired) electrons. The van der Waals surface area contributed by atoms with Gasteiger partial charge in [0.05, 0.1) is 11.4 Å². The molecule has 2 aromatic rings. The Kier molecular flexibility index (Phi) is 4.76. The van der Waals surface area contributed by atoms with Crippen molar-refractivity contribution in [1.29, 1.82) is 0 Å². The fourth-order valence-electron chi connectivity index (χ4n) is 2.78. The van der Waals surface area contributed by atoms with Crippen molar-refractivity contribution < 1.29 is 23.7 Å². The SMILES string of the molecule is C[C@H]([NH2+]CC(=O)N1CC(=O)Nc2ccccc21)c1ccc(F)c(F)c1. The molecule has 7 heteroatoms. The molecule has 3 N–H and O–H groups in total. The highest BCUT2D eigenvalue weighted by Crippen LogP contribution is 2.28. The number of halogens is 2. The van der Waals surface area contributed by atoms with Gasteiger partial charge in [-0.1, -0.05) is 12.1 Å². The Morgan fingerprint density at radius 1 is 1.24 bits per heavy atom. The number of hydrogen-bond acceptors (Lipinski definition) is 2. The third-order valence-electron chi connectivity index (χ3n) is 4.19. The highest BCUT2D eigenvalue weighted by molar-refractivity contribution is 6.10. The summed E-state index contributed by atoms with van der Waals surface area (Å²) in [4.78, 5) is 25.8. The topological polar surface area (TPSA) is 66.0 Å². The third kappa shape index (κ3) is 3.66. The van der Waals surface area contributed by atoms with Gasteiger partial charge in [0.2, 0.25) is 5.91 Å². The zero-order chi connectivity index (χ0) is 18.0. The van der Waals surface area contributed by atoms with Crippen LogP contribution in [0.2, 0.25) is 0 Å². The largest absolute Gasteiger partial charge is 0.333 e. The number of rotatable bonds is 4. The zero-order valence-electron chi connectivity index (χ0n) is 13.6. The van der Waals surface area contributed by atoms with E-state index in [0.717, 1.165) is 12.1 Å². The van der Waals surface area contributed by atoms with Gasteiger partial charge in [0, 0.05) is 5.56 Å². The summed E-state index contributed by atoms with van der Waals surface area (Å²) >= 11 is 0. The Bertz CT molecular complexity index is 826. The van der Waals surface area contributed by atoms with Crippen molar-refractivity contribution >= 4 is 23.2 Å². The maximum Gasteiger partial charge on any atom is 0.282 e. The van der Waals surface area contributed by atoms with Gasteiger partial charge in [0.25, 0.3) is 5.91 Å². The molecular weight excluding hydrogens is 328 g/mol. The first-order chi connectivity index (χ1) is 12.0. The molecule has 2 amide bonds. The van der Waals surface area contributed by atoms with Crippen LogP contribution < -0.4 is 15.5 Å². The minimum Gasteiger partial charge on any atom is -0.333 e. The molecule has 0 saturated heterocycles. The second-order valence-electron chi connectivity index (χ2n) is 5.95. The normalized spacial score (nSPS) is 14.7. The third-order valence-corrected chi connectivity index (χ3v) is 4.19. The van der Waals surface area contributed by atoms with E-state index < -0.39 is 11.6 Å². The predicted molar refractivity (Wildman–Crippen MR) is 89.0 cm³/mol. The number of anilines is 2. The van der Waals surface area contributed by atoms with Crippen molar-refractivity contribution in [2.24, 2.45) is 0 Å². The van der Waals surface area contributed by atoms with Crippen LogP contribution in [0, 0.1) is 11.6 Å². The number of nitrogens with one attached hydrogen (secondary N) is 1. The average molecular weight is 346 g/mol. The smallest absolute Gasteiger partial charge is 0.282 e. The molecule has 3 rings (SSSR count). The molecule has 1 atom stereocenters. The second-order valence-corrected chi connectivity index (χ2v) is 5.95. The molecule has 0 saturated carbocycles. The molecule has 1 aliphatic heterocycles. The first-order valence-corrected chi connectivity index (χ1v) is 7.93. The van der Waals surface area contributed by atoms with Crippen LogP contribution in [-0.4, -0.2) is 24.9 Å². The molecular formula is C18H18F2N3O2+. The fourth-order valence-corrected chi connectivity index (χ4v) is 2.78. The molecule has 130 valence electrons. The van der Waals surface area contributed by atoms with Gasteiger partial charge >= 0.3 is 0 Å². The summed E-state index contributed by atoms with van der Waals surface area (Å²) < 4.78 is 26.3. The van der Waals surface area contributed by atoms with Gasteiger partial charge in [-0.25, -0.2) is 8.78 Å². The van der Waals surface area contributed by atoms with E-state index in [1.54, 1.807) is 36.5 Å². The van der Waals surface area contributed by atoms with Crippen LogP contribution >= 0.6 is 0 Å². The lowest BCUT2D eigenvalue weighted by atomic mass is 10.1. The van der Waals surface area contributed by atoms with Crippen LogP contribution in [0.4, 0.5) is 20.2 Å². The lowest BCUT2D eigenvalue weighted by molar-refractivity contribution is -0.682. The summed E-state index contributed by atoms with van der Waals surface area (Å²) in [5.41, 5.74) is 1.84. The number of nitrogens with two attached hydrogens (primary N) is 1. The maximum absolute atomic E-state index is 13.3. The molecule has 1 aliphatic rings. The van der Waals surface area contributed by atoms with Crippen LogP contribution in [0.3, 0.4) is 0 Å². The number of quaternary nitrogens is 1. The first-order valence-electron chi connectivity index (χ1n) is 7.93. The summed E-state index contributed by atoms with van der Waals surface area (Å²) in [5.74, 6) is -2.29. The Balaban J connectivity index is 1.68. The second kappa shape index (κ2) is 6.98. The molecule has 0 fully saturated rings. The predicted octanol–water partition coefficient (Wildman–Crippen LogP) is 1.57. The number of para-hydroxylation sites is 2. The monoisotopic (exact) mass is 346 g/mol. The van der Waals surface area contributed by atoms with E-state index in [0.29, 0.717) is 16.9 Å². The lowest BCUT2D eigenvalue weighted by Gasteiger charge is -2.28. The first kappa shape index (κ1) is 17.0. The molecule has 1 heterocycles. The number of fused-ring (bicyclic) bond motifs is 1. The van der Waals surface area contributed by atoms with Crippen LogP contribution in [0.15, 0.2) is 42.5 Å². The quantitative estimate of drug-likeness (QED) is 0.883. The van der Waals surface area contributed by atoms with E-state index in [1.807, 2.05) is 0 Å². The summed E-state index contributed by atoms with van der Waals surface area (Å²) in [6, 6.07) is 10.5. The number of nitrogens with zero attached hydrogens (tertiary/aromatic N) is 1. The van der Waals surface area contributed by atoms with Crippen molar-refractivity contribution in [2.45, 2.75) is 13.0 Å². The van der Waals surface area contributed by atoms with Crippen molar-refractivity contribution in [1.82, 2.24) is 0 Å². The minimum atomic E-state index is -0.911. The van der Waals surface area contributed by atoms with Crippen LogP contribution in [0.25, 0.3) is 0 Å². The number of carbonyl (C=O) groups excluding carboxylic acids is 2. The summed E-state index contributed by atoms with van der Waals surface area (Å²) in [5, 5.41) is 4.45. The van der Waals surface area contributed by atoms with Crippen molar-refractivity contribution in [3.05, 3.63) is 59.7 Å². The van der Waals surface area contributed by atoms with Gasteiger partial charge in [-0.2, -0.15) is 0 Å². The van der Waals surface area contributed by atoms with Crippen LogP contribution in [0.5, 0.6) is 0 Å². The van der Waals surface area contributed by atoms with E-state index in [9.17, 15) is 18.4 Å². The molecule has 0 unspecified atom stereocenters. The number of amides is 2. The van der Waals surface area contributed by atoms with E-state index in [4.69, 9.17) is 0 Å². The van der Waals surface area contributed by atoms with Crippen LogP contribution in [0.1, 0.15) is 18.5 Å². The standard InChI is InChI=1S/C18H17F2N3O2/c1-11(12-6-7-13(19)14(20)8-12)21-9-18(25)23-10-17(24)22-15-4-2-3-5-16(15)23/h2-8,11,21H,9-10H2,1H3,(H,22,24)/p+1/t11-/m0/s1. The molecule has 25 heavy (non-hydrogen) atoms. The number of benzene rings is 2.